The molecule has 2 unspecified atom stereocenters. The van der Waals surface area contributed by atoms with E-state index in [9.17, 15) is 23.4 Å². The lowest BCUT2D eigenvalue weighted by atomic mass is 9.79. The van der Waals surface area contributed by atoms with E-state index in [2.05, 4.69) is 0 Å². The van der Waals surface area contributed by atoms with Crippen LogP contribution in [0.5, 0.6) is 11.8 Å². The lowest BCUT2D eigenvalue weighted by Crippen LogP contribution is -2.38. The molecular formula is C18H13Cl2F3N2O3. The zero-order chi connectivity index (χ0) is 20.8. The first-order valence-corrected chi connectivity index (χ1v) is 9.02. The minimum atomic E-state index is -4.79. The zero-order valence-electron chi connectivity index (χ0n) is 14.5. The molecule has 5 nitrogen and oxygen atoms in total. The number of ether oxygens (including phenoxy) is 1. The first-order chi connectivity index (χ1) is 12.9. The Morgan fingerprint density at radius 3 is 2.04 bits per heavy atom. The number of nitriles is 1. The molecular weight excluding hydrogens is 420 g/mol. The molecule has 0 saturated carbocycles. The Balaban J connectivity index is 1.99. The Morgan fingerprint density at radius 1 is 1.11 bits per heavy atom. The lowest BCUT2D eigenvalue weighted by Gasteiger charge is -2.28. The Morgan fingerprint density at radius 2 is 1.61 bits per heavy atom. The highest BCUT2D eigenvalue weighted by Crippen LogP contribution is 2.66. The molecule has 2 bridgehead atoms. The van der Waals surface area contributed by atoms with Crippen molar-refractivity contribution in [2.24, 2.45) is 0 Å². The van der Waals surface area contributed by atoms with Gasteiger partial charge in [-0.1, -0.05) is 0 Å². The van der Waals surface area contributed by atoms with Crippen molar-refractivity contribution in [3.63, 3.8) is 0 Å². The maximum Gasteiger partial charge on any atom is 0.417 e. The van der Waals surface area contributed by atoms with E-state index in [1.165, 1.54) is 12.1 Å². The minimum Gasteiger partial charge on any atom is -0.494 e. The van der Waals surface area contributed by atoms with Gasteiger partial charge >= 0.3 is 6.18 Å². The second-order valence-electron chi connectivity index (χ2n) is 7.19. The van der Waals surface area contributed by atoms with Crippen LogP contribution in [0.25, 0.3) is 5.69 Å². The predicted octanol–water partition coefficient (Wildman–Crippen LogP) is 4.47. The number of nitrogens with zero attached hydrogens (tertiary/aromatic N) is 2. The van der Waals surface area contributed by atoms with E-state index in [0.29, 0.717) is 6.07 Å². The topological polar surface area (TPSA) is 78.4 Å². The normalized spacial score (nSPS) is 31.1. The molecule has 2 N–H and O–H groups in total. The van der Waals surface area contributed by atoms with Crippen molar-refractivity contribution in [2.45, 2.75) is 42.0 Å². The summed E-state index contributed by atoms with van der Waals surface area (Å²) in [4.78, 5) is 0. The van der Waals surface area contributed by atoms with Crippen molar-refractivity contribution in [1.29, 1.82) is 5.26 Å². The molecule has 2 aliphatic rings. The van der Waals surface area contributed by atoms with Crippen LogP contribution < -0.4 is 0 Å². The summed E-state index contributed by atoms with van der Waals surface area (Å²) in [5.41, 5.74) is -4.01. The van der Waals surface area contributed by atoms with Crippen LogP contribution in [0.2, 0.25) is 0 Å². The molecule has 1 saturated heterocycles. The smallest absolute Gasteiger partial charge is 0.417 e. The summed E-state index contributed by atoms with van der Waals surface area (Å²) >= 11 is 12.8. The summed E-state index contributed by atoms with van der Waals surface area (Å²) in [5, 5.41) is 29.0. The van der Waals surface area contributed by atoms with Crippen LogP contribution in [0.4, 0.5) is 13.2 Å². The number of aromatic hydroxyl groups is 2. The number of fused-ring (bicyclic) bond motifs is 5. The van der Waals surface area contributed by atoms with E-state index in [1.807, 2.05) is 0 Å². The minimum absolute atomic E-state index is 0.167. The van der Waals surface area contributed by atoms with E-state index >= 15 is 0 Å². The zero-order valence-corrected chi connectivity index (χ0v) is 16.0. The average Bonchev–Trinajstić information content (AvgIpc) is 3.10. The van der Waals surface area contributed by atoms with E-state index in [4.69, 9.17) is 33.2 Å². The van der Waals surface area contributed by atoms with Crippen molar-refractivity contribution < 1.29 is 28.1 Å². The van der Waals surface area contributed by atoms with Crippen molar-refractivity contribution in [3.05, 3.63) is 40.5 Å². The lowest BCUT2D eigenvalue weighted by molar-refractivity contribution is -0.137. The number of benzene rings is 1. The third kappa shape index (κ3) is 2.12. The molecule has 0 aliphatic carbocycles. The van der Waals surface area contributed by atoms with E-state index < -0.39 is 51.0 Å². The summed E-state index contributed by atoms with van der Waals surface area (Å²) in [5.74, 6) is -0.989. The van der Waals surface area contributed by atoms with Gasteiger partial charge in [0.15, 0.2) is 0 Å². The monoisotopic (exact) mass is 432 g/mol. The molecule has 0 amide bonds. The van der Waals surface area contributed by atoms with E-state index in [0.717, 1.165) is 10.6 Å². The van der Waals surface area contributed by atoms with Crippen LogP contribution in [-0.2, 0) is 22.1 Å². The summed E-state index contributed by atoms with van der Waals surface area (Å²) in [6.07, 6.45) is -4.79. The quantitative estimate of drug-likeness (QED) is 0.651. The highest BCUT2D eigenvalue weighted by atomic mass is 35.5. The average molecular weight is 433 g/mol. The molecule has 4 rings (SSSR count). The fourth-order valence-electron chi connectivity index (χ4n) is 4.23. The summed E-state index contributed by atoms with van der Waals surface area (Å²) in [6.45, 7) is 3.20. The molecule has 1 aromatic heterocycles. The van der Waals surface area contributed by atoms with Gasteiger partial charge in [-0.05, 0) is 32.0 Å². The van der Waals surface area contributed by atoms with Gasteiger partial charge in [-0.25, -0.2) is 0 Å². The van der Waals surface area contributed by atoms with Gasteiger partial charge in [-0.15, -0.1) is 23.2 Å². The summed E-state index contributed by atoms with van der Waals surface area (Å²) in [7, 11) is 0. The van der Waals surface area contributed by atoms with Gasteiger partial charge < -0.3 is 14.9 Å². The number of hydrogen-bond acceptors (Lipinski definition) is 4. The van der Waals surface area contributed by atoms with Gasteiger partial charge in [0.1, 0.15) is 11.2 Å². The molecule has 148 valence electrons. The molecule has 2 aliphatic heterocycles. The van der Waals surface area contributed by atoms with Gasteiger partial charge in [0, 0.05) is 0 Å². The third-order valence-corrected chi connectivity index (χ3v) is 7.00. The van der Waals surface area contributed by atoms with Gasteiger partial charge in [-0.2, -0.15) is 18.4 Å². The highest BCUT2D eigenvalue weighted by molar-refractivity contribution is 6.32. The molecule has 2 aromatic rings. The van der Waals surface area contributed by atoms with Crippen molar-refractivity contribution in [3.8, 4) is 23.5 Å². The number of halogens is 5. The summed E-state index contributed by atoms with van der Waals surface area (Å²) in [6, 6.07) is 4.36. The van der Waals surface area contributed by atoms with Crippen LogP contribution in [0.1, 0.15) is 36.1 Å². The van der Waals surface area contributed by atoms with Gasteiger partial charge in [-0.3, -0.25) is 4.57 Å². The van der Waals surface area contributed by atoms with Crippen LogP contribution >= 0.6 is 23.2 Å². The Hall–Kier alpha value is -2.08. The fraction of sp³-hybridized carbons (Fsp3) is 0.389. The second kappa shape index (κ2) is 5.50. The van der Waals surface area contributed by atoms with Crippen LogP contribution in [0, 0.1) is 11.3 Å². The third-order valence-electron chi connectivity index (χ3n) is 5.53. The molecule has 0 spiro atoms. The molecule has 4 atom stereocenters. The van der Waals surface area contributed by atoms with Gasteiger partial charge in [0.05, 0.1) is 44.8 Å². The van der Waals surface area contributed by atoms with Crippen LogP contribution in [-0.4, -0.2) is 25.5 Å². The first-order valence-electron chi connectivity index (χ1n) is 8.15. The molecule has 10 heteroatoms. The van der Waals surface area contributed by atoms with Crippen LogP contribution in [0.3, 0.4) is 0 Å². The molecule has 28 heavy (non-hydrogen) atoms. The molecule has 1 fully saturated rings. The Kier molecular flexibility index (Phi) is 3.78. The number of aromatic nitrogens is 1. The van der Waals surface area contributed by atoms with Crippen molar-refractivity contribution in [2.75, 3.05) is 0 Å². The second-order valence-corrected chi connectivity index (χ2v) is 8.13. The molecule has 1 aromatic carbocycles. The fourth-order valence-corrected chi connectivity index (χ4v) is 5.01. The van der Waals surface area contributed by atoms with Gasteiger partial charge in [0.25, 0.3) is 0 Å². The number of alkyl halides is 5. The molecule has 3 heterocycles. The van der Waals surface area contributed by atoms with E-state index in [1.54, 1.807) is 13.8 Å². The Labute approximate surface area is 167 Å². The van der Waals surface area contributed by atoms with Crippen LogP contribution in [0.15, 0.2) is 18.2 Å². The highest BCUT2D eigenvalue weighted by Gasteiger charge is 2.69. The maximum atomic E-state index is 13.3. The van der Waals surface area contributed by atoms with E-state index in [-0.39, 0.29) is 16.8 Å². The molecule has 0 radical (unpaired) electrons. The van der Waals surface area contributed by atoms with Crippen molar-refractivity contribution >= 4 is 23.2 Å². The maximum absolute atomic E-state index is 13.3. The largest absolute Gasteiger partial charge is 0.494 e. The first kappa shape index (κ1) is 19.2. The SMILES string of the molecule is CC12OC(C)(c3c1c(O)n(-c1ccc(C#N)c(C(F)(F)F)c1)c3O)[C@H](Cl)[C@H]2Cl. The van der Waals surface area contributed by atoms with Gasteiger partial charge in [0.2, 0.25) is 11.8 Å². The number of rotatable bonds is 1. The van der Waals surface area contributed by atoms with Crippen molar-refractivity contribution in [1.82, 2.24) is 4.57 Å². The number of hydrogen-bond donors (Lipinski definition) is 2. The standard InChI is InChI=1S/C18H13Cl2F3N2O3/c1-16-10-11(17(2,28-16)13(20)12(16)19)15(27)25(14(10)26)8-4-3-7(6-24)9(5-8)18(21,22)23/h3-5,12-13,26-27H,1-2H3/t12-,13-,16?,17?/m1/s1. The predicted molar refractivity (Wildman–Crippen MR) is 93.9 cm³/mol. The summed E-state index contributed by atoms with van der Waals surface area (Å²) < 4.78 is 46.7. The Bertz CT molecular complexity index is 1020.